The first-order chi connectivity index (χ1) is 5.77. The summed E-state index contributed by atoms with van der Waals surface area (Å²) in [5.41, 5.74) is 0. The van der Waals surface area contributed by atoms with E-state index in [4.69, 9.17) is 5.11 Å². The Labute approximate surface area is 92.6 Å². The average Bonchev–Trinajstić information content (AvgIpc) is 2.02. The zero-order valence-electron chi connectivity index (χ0n) is 7.59. The van der Waals surface area contributed by atoms with E-state index in [1.54, 1.807) is 0 Å². The van der Waals surface area contributed by atoms with Crippen LogP contribution in [-0.4, -0.2) is 29.9 Å². The molecule has 0 saturated carbocycles. The second-order valence-electron chi connectivity index (χ2n) is 2.99. The molecule has 2 nitrogen and oxygen atoms in total. The zero-order valence-corrected chi connectivity index (χ0v) is 7.59. The molecule has 0 aromatic rings. The van der Waals surface area contributed by atoms with Gasteiger partial charge < -0.3 is 5.11 Å². The maximum atomic E-state index is 10.1. The number of rotatable bonds is 8. The Morgan fingerprint density at radius 1 is 1.15 bits per heavy atom. The van der Waals surface area contributed by atoms with Crippen LogP contribution in [0.2, 0.25) is 0 Å². The topological polar surface area (TPSA) is 37.3 Å². The summed E-state index contributed by atoms with van der Waals surface area (Å²) in [6.07, 6.45) is 8.74. The van der Waals surface area contributed by atoms with Crippen molar-refractivity contribution in [1.29, 1.82) is 0 Å². The Morgan fingerprint density at radius 2 is 1.69 bits per heavy atom. The first-order valence-corrected chi connectivity index (χ1v) is 4.60. The molecular weight excluding hydrogens is 159 g/mol. The predicted molar refractivity (Wildman–Crippen MR) is 57.3 cm³/mol. The Kier molecular flexibility index (Phi) is 13.9. The quantitative estimate of drug-likeness (QED) is 0.352. The normalized spacial score (nSPS) is 8.92. The third-order valence-electron chi connectivity index (χ3n) is 1.80. The van der Waals surface area contributed by atoms with E-state index in [9.17, 15) is 4.79 Å². The van der Waals surface area contributed by atoms with Crippen LogP contribution in [-0.2, 0) is 4.79 Å². The Hall–Kier alpha value is -0.193. The van der Waals surface area contributed by atoms with Gasteiger partial charge in [-0.05, 0) is 19.3 Å². The minimum atomic E-state index is -0.680. The summed E-state index contributed by atoms with van der Waals surface area (Å²) < 4.78 is 0. The zero-order chi connectivity index (χ0) is 9.23. The fourth-order valence-electron chi connectivity index (χ4n) is 1.10. The molecule has 0 unspecified atom stereocenters. The molecule has 0 aliphatic rings. The summed E-state index contributed by atoms with van der Waals surface area (Å²) >= 11 is 0. The van der Waals surface area contributed by atoms with Gasteiger partial charge in [0.05, 0.1) is 0 Å². The molecule has 0 radical (unpaired) electrons. The average molecular weight is 178 g/mol. The van der Waals surface area contributed by atoms with Crippen molar-refractivity contribution < 1.29 is 9.90 Å². The van der Waals surface area contributed by atoms with Crippen LogP contribution >= 0.6 is 0 Å². The number of unbranched alkanes of at least 4 members (excludes halogenated alkanes) is 5. The van der Waals surface area contributed by atoms with Crippen LogP contribution in [0.15, 0.2) is 12.7 Å². The van der Waals surface area contributed by atoms with Crippen LogP contribution in [0.3, 0.4) is 0 Å². The molecule has 1 N–H and O–H groups in total. The van der Waals surface area contributed by atoms with Gasteiger partial charge >= 0.3 is 24.8 Å². The number of carboxylic acids is 1. The first kappa shape index (κ1) is 15.3. The molecule has 0 heterocycles. The van der Waals surface area contributed by atoms with Crippen LogP contribution in [0, 0.1) is 0 Å². The molecule has 0 saturated heterocycles. The Balaban J connectivity index is 0. The molecule has 0 aromatic carbocycles. The molecule has 13 heavy (non-hydrogen) atoms. The third kappa shape index (κ3) is 14.6. The molecule has 0 bridgehead atoms. The molecule has 0 fully saturated rings. The minimum absolute atomic E-state index is 0. The van der Waals surface area contributed by atoms with Crippen molar-refractivity contribution in [3.63, 3.8) is 0 Å². The summed E-state index contributed by atoms with van der Waals surface area (Å²) in [6, 6.07) is 0. The summed E-state index contributed by atoms with van der Waals surface area (Å²) in [4.78, 5) is 10.1. The van der Waals surface area contributed by atoms with E-state index in [0.29, 0.717) is 6.42 Å². The van der Waals surface area contributed by atoms with Gasteiger partial charge in [-0.3, -0.25) is 4.79 Å². The van der Waals surface area contributed by atoms with E-state index in [2.05, 4.69) is 6.58 Å². The number of carbonyl (C=O) groups is 1. The van der Waals surface area contributed by atoms with Crippen LogP contribution in [0.1, 0.15) is 44.9 Å². The van der Waals surface area contributed by atoms with Gasteiger partial charge in [-0.25, -0.2) is 0 Å². The van der Waals surface area contributed by atoms with Gasteiger partial charge in [0.1, 0.15) is 0 Å². The first-order valence-electron chi connectivity index (χ1n) is 4.60. The van der Waals surface area contributed by atoms with Crippen LogP contribution in [0.5, 0.6) is 0 Å². The van der Waals surface area contributed by atoms with Gasteiger partial charge in [-0.1, -0.05) is 25.3 Å². The molecule has 0 amide bonds. The molecule has 0 aliphatic carbocycles. The monoisotopic (exact) mass is 178 g/mol. The number of aliphatic carboxylic acids is 1. The number of allylic oxidation sites excluding steroid dienone is 1. The van der Waals surface area contributed by atoms with Gasteiger partial charge in [-0.15, -0.1) is 6.58 Å². The van der Waals surface area contributed by atoms with Crippen molar-refractivity contribution in [3.8, 4) is 0 Å². The number of carboxylic acid groups (broad SMARTS) is 1. The summed E-state index contributed by atoms with van der Waals surface area (Å²) in [7, 11) is 0. The van der Waals surface area contributed by atoms with Crippen LogP contribution in [0.4, 0.5) is 0 Å². The fourth-order valence-corrected chi connectivity index (χ4v) is 1.10. The standard InChI is InChI=1S/C10H18O2.Li.H/c1-2-3-4-5-6-7-8-9-10(11)12;;/h2H,1,3-9H2,(H,11,12);;. The Bertz CT molecular complexity index is 135. The molecule has 0 aliphatic heterocycles. The van der Waals surface area contributed by atoms with Crippen molar-refractivity contribution in [2.45, 2.75) is 44.9 Å². The second-order valence-corrected chi connectivity index (χ2v) is 2.99. The van der Waals surface area contributed by atoms with Gasteiger partial charge in [0.2, 0.25) is 0 Å². The van der Waals surface area contributed by atoms with Gasteiger partial charge in [0, 0.05) is 6.42 Å². The van der Waals surface area contributed by atoms with Crippen molar-refractivity contribution >= 4 is 24.8 Å². The summed E-state index contributed by atoms with van der Waals surface area (Å²) in [6.45, 7) is 3.64. The molecule has 0 atom stereocenters. The molecule has 72 valence electrons. The summed E-state index contributed by atoms with van der Waals surface area (Å²) in [5.74, 6) is -0.680. The van der Waals surface area contributed by atoms with Crippen LogP contribution in [0.25, 0.3) is 0 Å². The summed E-state index contributed by atoms with van der Waals surface area (Å²) in [5, 5.41) is 8.34. The van der Waals surface area contributed by atoms with E-state index >= 15 is 0 Å². The third-order valence-corrected chi connectivity index (χ3v) is 1.80. The second kappa shape index (κ2) is 11.8. The van der Waals surface area contributed by atoms with E-state index in [0.717, 1.165) is 25.7 Å². The van der Waals surface area contributed by atoms with Gasteiger partial charge in [0.15, 0.2) is 0 Å². The van der Waals surface area contributed by atoms with Crippen molar-refractivity contribution in [1.82, 2.24) is 0 Å². The van der Waals surface area contributed by atoms with E-state index in [1.165, 1.54) is 12.8 Å². The van der Waals surface area contributed by atoms with E-state index in [-0.39, 0.29) is 18.9 Å². The Morgan fingerprint density at radius 3 is 2.23 bits per heavy atom. The van der Waals surface area contributed by atoms with E-state index in [1.807, 2.05) is 6.08 Å². The molecular formula is C10H19LiO2. The fraction of sp³-hybridized carbons (Fsp3) is 0.700. The number of hydrogen-bond donors (Lipinski definition) is 1. The van der Waals surface area contributed by atoms with Crippen molar-refractivity contribution in [2.75, 3.05) is 0 Å². The van der Waals surface area contributed by atoms with E-state index < -0.39 is 5.97 Å². The van der Waals surface area contributed by atoms with Crippen molar-refractivity contribution in [2.24, 2.45) is 0 Å². The molecule has 0 rings (SSSR count). The van der Waals surface area contributed by atoms with Gasteiger partial charge in [0.25, 0.3) is 0 Å². The van der Waals surface area contributed by atoms with Gasteiger partial charge in [-0.2, -0.15) is 0 Å². The SMILES string of the molecule is C=CCCCCCCCC(=O)O.[LiH]. The molecule has 0 spiro atoms. The number of hydrogen-bond acceptors (Lipinski definition) is 1. The molecule has 3 heteroatoms. The van der Waals surface area contributed by atoms with Crippen LogP contribution < -0.4 is 0 Å². The predicted octanol–water partition coefficient (Wildman–Crippen LogP) is 2.34. The van der Waals surface area contributed by atoms with Crippen molar-refractivity contribution in [3.05, 3.63) is 12.7 Å². The maximum absolute atomic E-state index is 10.1. The molecule has 0 aromatic heterocycles.